The number of aliphatic imine (C=N–C) groups is 1. The summed E-state index contributed by atoms with van der Waals surface area (Å²) in [4.78, 5) is 4.18. The summed E-state index contributed by atoms with van der Waals surface area (Å²) in [5.74, 6) is 0. The van der Waals surface area contributed by atoms with Gasteiger partial charge in [0.25, 0.3) is 0 Å². The van der Waals surface area contributed by atoms with Gasteiger partial charge in [-0.3, -0.25) is 4.99 Å². The van der Waals surface area contributed by atoms with E-state index in [4.69, 9.17) is 0 Å². The van der Waals surface area contributed by atoms with E-state index in [1.165, 1.54) is 0 Å². The predicted octanol–water partition coefficient (Wildman–Crippen LogP) is 3.71. The number of allylic oxidation sites excluding steroid dienone is 7. The molecule has 0 atom stereocenters. The normalized spacial score (nSPS) is 13.6. The summed E-state index contributed by atoms with van der Waals surface area (Å²) in [7, 11) is 0. The van der Waals surface area contributed by atoms with Crippen LogP contribution in [0.15, 0.2) is 53.6 Å². The number of nitrogens with zero attached hydrogens (tertiary/aromatic N) is 1. The average molecular weight is 189 g/mol. The highest BCUT2D eigenvalue weighted by atomic mass is 14.7. The first-order valence-electron chi connectivity index (χ1n) is 5.01. The average Bonchev–Trinajstić information content (AvgIpc) is 2.21. The van der Waals surface area contributed by atoms with E-state index in [1.807, 2.05) is 49.6 Å². The minimum atomic E-state index is 0.775. The molecule has 0 N–H and O–H groups in total. The topological polar surface area (TPSA) is 12.4 Å². The zero-order valence-corrected chi connectivity index (χ0v) is 9.06. The van der Waals surface area contributed by atoms with Crippen molar-refractivity contribution in [2.75, 3.05) is 6.54 Å². The molecule has 0 bridgehead atoms. The van der Waals surface area contributed by atoms with Gasteiger partial charge in [0.2, 0.25) is 0 Å². The van der Waals surface area contributed by atoms with Crippen LogP contribution < -0.4 is 0 Å². The first-order chi connectivity index (χ1) is 6.91. The Morgan fingerprint density at radius 1 is 0.929 bits per heavy atom. The second-order valence-corrected chi connectivity index (χ2v) is 2.69. The smallest absolute Gasteiger partial charge is 0.0570 e. The third kappa shape index (κ3) is 10.6. The van der Waals surface area contributed by atoms with Crippen LogP contribution in [0.5, 0.6) is 0 Å². The van der Waals surface area contributed by atoms with E-state index in [0.29, 0.717) is 0 Å². The number of rotatable bonds is 6. The van der Waals surface area contributed by atoms with E-state index in [-0.39, 0.29) is 0 Å². The number of hydrogen-bond acceptors (Lipinski definition) is 1. The second kappa shape index (κ2) is 11.6. The van der Waals surface area contributed by atoms with Crippen LogP contribution in [-0.4, -0.2) is 12.8 Å². The van der Waals surface area contributed by atoms with Gasteiger partial charge in [-0.05, 0) is 19.4 Å². The van der Waals surface area contributed by atoms with E-state index in [2.05, 4.69) is 24.1 Å². The minimum Gasteiger partial charge on any atom is -0.289 e. The lowest BCUT2D eigenvalue weighted by Gasteiger charge is -1.80. The summed E-state index contributed by atoms with van der Waals surface area (Å²) in [6.07, 6.45) is 18.9. The summed E-state index contributed by atoms with van der Waals surface area (Å²) in [5, 5.41) is 0. The van der Waals surface area contributed by atoms with Crippen LogP contribution in [0.3, 0.4) is 0 Å². The van der Waals surface area contributed by atoms with Crippen molar-refractivity contribution in [3.05, 3.63) is 48.6 Å². The van der Waals surface area contributed by atoms with Crippen molar-refractivity contribution >= 4 is 6.21 Å². The molecule has 0 radical (unpaired) electrons. The monoisotopic (exact) mass is 189 g/mol. The van der Waals surface area contributed by atoms with Crippen LogP contribution in [0, 0.1) is 0 Å². The van der Waals surface area contributed by atoms with E-state index in [9.17, 15) is 0 Å². The van der Waals surface area contributed by atoms with Crippen molar-refractivity contribution in [3.8, 4) is 0 Å². The molecule has 0 spiro atoms. The van der Waals surface area contributed by atoms with Crippen LogP contribution in [0.4, 0.5) is 0 Å². The Balaban J connectivity index is 3.55. The standard InChI is InChI=1S/C13H19N/c1-3-5-7-8-9-11-13-14-12-10-6-4-2/h3,5-11,13H,4,12H2,1-2H3/b5-3?,8-7?,10-6+,11-9+,14-13?. The van der Waals surface area contributed by atoms with Crippen LogP contribution in [0.1, 0.15) is 20.3 Å². The summed E-state index contributed by atoms with van der Waals surface area (Å²) >= 11 is 0. The first kappa shape index (κ1) is 12.6. The fraction of sp³-hybridized carbons (Fsp3) is 0.308. The molecular weight excluding hydrogens is 170 g/mol. The van der Waals surface area contributed by atoms with Crippen molar-refractivity contribution < 1.29 is 0 Å². The molecule has 14 heavy (non-hydrogen) atoms. The van der Waals surface area contributed by atoms with Crippen LogP contribution in [-0.2, 0) is 0 Å². The molecule has 0 fully saturated rings. The van der Waals surface area contributed by atoms with Crippen LogP contribution in [0.2, 0.25) is 0 Å². The van der Waals surface area contributed by atoms with Gasteiger partial charge in [-0.15, -0.1) is 0 Å². The Bertz CT molecular complexity index is 242. The van der Waals surface area contributed by atoms with Crippen molar-refractivity contribution in [2.24, 2.45) is 4.99 Å². The van der Waals surface area contributed by atoms with Crippen molar-refractivity contribution in [1.29, 1.82) is 0 Å². The molecule has 0 aliphatic carbocycles. The molecule has 0 saturated carbocycles. The summed E-state index contributed by atoms with van der Waals surface area (Å²) in [6.45, 7) is 4.89. The van der Waals surface area contributed by atoms with Gasteiger partial charge < -0.3 is 0 Å². The Morgan fingerprint density at radius 3 is 2.36 bits per heavy atom. The quantitative estimate of drug-likeness (QED) is 0.343. The molecule has 0 aromatic rings. The highest BCUT2D eigenvalue weighted by Crippen LogP contribution is 1.81. The lowest BCUT2D eigenvalue weighted by molar-refractivity contribution is 1.18. The Hall–Kier alpha value is -1.37. The Morgan fingerprint density at radius 2 is 1.64 bits per heavy atom. The summed E-state index contributed by atoms with van der Waals surface area (Å²) in [6, 6.07) is 0. The van der Waals surface area contributed by atoms with Gasteiger partial charge in [0.1, 0.15) is 0 Å². The van der Waals surface area contributed by atoms with Crippen molar-refractivity contribution in [3.63, 3.8) is 0 Å². The molecule has 0 saturated heterocycles. The number of hydrogen-bond donors (Lipinski definition) is 0. The maximum atomic E-state index is 4.18. The minimum absolute atomic E-state index is 0.775. The zero-order chi connectivity index (χ0) is 10.5. The molecule has 76 valence electrons. The Kier molecular flexibility index (Phi) is 10.5. The summed E-state index contributed by atoms with van der Waals surface area (Å²) < 4.78 is 0. The van der Waals surface area contributed by atoms with Gasteiger partial charge in [0.15, 0.2) is 0 Å². The Labute approximate surface area is 87.3 Å². The van der Waals surface area contributed by atoms with Gasteiger partial charge >= 0.3 is 0 Å². The molecule has 0 aliphatic rings. The maximum Gasteiger partial charge on any atom is 0.0570 e. The molecule has 1 nitrogen and oxygen atoms in total. The second-order valence-electron chi connectivity index (χ2n) is 2.69. The third-order valence-corrected chi connectivity index (χ3v) is 1.44. The van der Waals surface area contributed by atoms with Gasteiger partial charge in [0, 0.05) is 6.21 Å². The highest BCUT2D eigenvalue weighted by molar-refractivity contribution is 5.71. The van der Waals surface area contributed by atoms with E-state index in [1.54, 1.807) is 0 Å². The van der Waals surface area contributed by atoms with Gasteiger partial charge in [-0.1, -0.05) is 49.5 Å². The largest absolute Gasteiger partial charge is 0.289 e. The molecule has 0 amide bonds. The third-order valence-electron chi connectivity index (χ3n) is 1.44. The predicted molar refractivity (Wildman–Crippen MR) is 65.9 cm³/mol. The molecule has 0 aromatic carbocycles. The van der Waals surface area contributed by atoms with E-state index >= 15 is 0 Å². The molecule has 0 rings (SSSR count). The molecule has 1 heteroatoms. The summed E-state index contributed by atoms with van der Waals surface area (Å²) in [5.41, 5.74) is 0. The maximum absolute atomic E-state index is 4.18. The molecule has 0 aliphatic heterocycles. The molecule has 0 aromatic heterocycles. The fourth-order valence-corrected chi connectivity index (χ4v) is 0.777. The van der Waals surface area contributed by atoms with Gasteiger partial charge in [-0.25, -0.2) is 0 Å². The lowest BCUT2D eigenvalue weighted by atomic mass is 10.4. The molecule has 0 heterocycles. The van der Waals surface area contributed by atoms with Crippen molar-refractivity contribution in [2.45, 2.75) is 20.3 Å². The highest BCUT2D eigenvalue weighted by Gasteiger charge is 1.68. The zero-order valence-electron chi connectivity index (χ0n) is 9.06. The molecular formula is C13H19N. The van der Waals surface area contributed by atoms with Gasteiger partial charge in [0.05, 0.1) is 6.54 Å². The molecule has 0 unspecified atom stereocenters. The van der Waals surface area contributed by atoms with Crippen molar-refractivity contribution in [1.82, 2.24) is 0 Å². The lowest BCUT2D eigenvalue weighted by Crippen LogP contribution is -1.72. The van der Waals surface area contributed by atoms with Crippen LogP contribution >= 0.6 is 0 Å². The van der Waals surface area contributed by atoms with E-state index in [0.717, 1.165) is 13.0 Å². The van der Waals surface area contributed by atoms with Gasteiger partial charge in [-0.2, -0.15) is 0 Å². The van der Waals surface area contributed by atoms with E-state index < -0.39 is 0 Å². The first-order valence-corrected chi connectivity index (χ1v) is 5.01. The van der Waals surface area contributed by atoms with Crippen LogP contribution in [0.25, 0.3) is 0 Å². The SMILES string of the molecule is CC=CC=C/C=C/C=NC/C=C/CC. The fourth-order valence-electron chi connectivity index (χ4n) is 0.777.